The van der Waals surface area contributed by atoms with Crippen LogP contribution in [0.25, 0.3) is 0 Å². The van der Waals surface area contributed by atoms with Crippen LogP contribution in [0.15, 0.2) is 23.3 Å². The van der Waals surface area contributed by atoms with Crippen LogP contribution in [0.1, 0.15) is 41.5 Å². The summed E-state index contributed by atoms with van der Waals surface area (Å²) >= 11 is 0. The van der Waals surface area contributed by atoms with Gasteiger partial charge in [-0.15, -0.1) is 0 Å². The molecular formula is C12H22. The van der Waals surface area contributed by atoms with Crippen LogP contribution >= 0.6 is 0 Å². The molecule has 0 amide bonds. The van der Waals surface area contributed by atoms with E-state index in [1.807, 2.05) is 0 Å². The molecule has 0 unspecified atom stereocenters. The topological polar surface area (TPSA) is 0 Å². The van der Waals surface area contributed by atoms with Gasteiger partial charge in [-0.3, -0.25) is 0 Å². The smallest absolute Gasteiger partial charge is 0.0127 e. The lowest BCUT2D eigenvalue weighted by Gasteiger charge is -2.13. The zero-order valence-electron chi connectivity index (χ0n) is 8.02. The predicted octanol–water partition coefficient (Wildman–Crippen LogP) is 4.19. The summed E-state index contributed by atoms with van der Waals surface area (Å²) in [5, 5.41) is 0. The van der Waals surface area contributed by atoms with Gasteiger partial charge in [0.1, 0.15) is 0 Å². The minimum Gasteiger partial charge on any atom is -0.0802 e. The van der Waals surface area contributed by atoms with Crippen molar-refractivity contribution in [1.29, 1.82) is 0 Å². The van der Waals surface area contributed by atoms with E-state index in [1.54, 1.807) is 11.1 Å². The van der Waals surface area contributed by atoms with Crippen molar-refractivity contribution in [2.75, 3.05) is 0 Å². The average Bonchev–Trinajstić information content (AvgIpc) is 2.32. The number of hydrogen-bond acceptors (Lipinski definition) is 0. The lowest BCUT2D eigenvalue weighted by molar-refractivity contribution is 0.702. The molecule has 12 heavy (non-hydrogen) atoms. The Morgan fingerprint density at radius 2 is 1.67 bits per heavy atom. The highest BCUT2D eigenvalue weighted by Gasteiger charge is 2.14. The maximum atomic E-state index is 2.29. The molecule has 0 saturated heterocycles. The van der Waals surface area contributed by atoms with Crippen LogP contribution in [0, 0.1) is 11.8 Å². The van der Waals surface area contributed by atoms with Gasteiger partial charge in [0, 0.05) is 0 Å². The minimum absolute atomic E-state index is 0. The second-order valence-electron chi connectivity index (χ2n) is 3.90. The van der Waals surface area contributed by atoms with Gasteiger partial charge in [0.2, 0.25) is 0 Å². The largest absolute Gasteiger partial charge is 0.0802 e. The van der Waals surface area contributed by atoms with Gasteiger partial charge in [0.05, 0.1) is 0 Å². The molecule has 0 bridgehead atoms. The third-order valence-electron chi connectivity index (χ3n) is 2.32. The first-order valence-corrected chi connectivity index (χ1v) is 4.52. The van der Waals surface area contributed by atoms with Crippen molar-refractivity contribution < 1.29 is 0 Å². The van der Waals surface area contributed by atoms with E-state index in [9.17, 15) is 0 Å². The summed E-state index contributed by atoms with van der Waals surface area (Å²) < 4.78 is 0. The fourth-order valence-corrected chi connectivity index (χ4v) is 1.67. The van der Waals surface area contributed by atoms with Gasteiger partial charge in [-0.2, -0.15) is 0 Å². The molecule has 70 valence electrons. The SMILES string of the molecule is C.CC(C)C1=C(C(C)C)CC=C1. The lowest BCUT2D eigenvalue weighted by Crippen LogP contribution is -1.98. The van der Waals surface area contributed by atoms with Crippen molar-refractivity contribution in [2.45, 2.75) is 41.5 Å². The Hall–Kier alpha value is -0.520. The first-order chi connectivity index (χ1) is 5.13. The first-order valence-electron chi connectivity index (χ1n) is 4.52. The highest BCUT2D eigenvalue weighted by Crippen LogP contribution is 2.30. The Morgan fingerprint density at radius 1 is 1.08 bits per heavy atom. The molecule has 1 rings (SSSR count). The molecule has 0 aromatic carbocycles. The van der Waals surface area contributed by atoms with E-state index < -0.39 is 0 Å². The lowest BCUT2D eigenvalue weighted by atomic mass is 9.93. The maximum Gasteiger partial charge on any atom is -0.0127 e. The molecule has 0 aromatic rings. The summed E-state index contributed by atoms with van der Waals surface area (Å²) in [4.78, 5) is 0. The predicted molar refractivity (Wildman–Crippen MR) is 57.2 cm³/mol. The van der Waals surface area contributed by atoms with E-state index >= 15 is 0 Å². The van der Waals surface area contributed by atoms with E-state index in [0.717, 1.165) is 5.92 Å². The second-order valence-corrected chi connectivity index (χ2v) is 3.90. The molecule has 0 heterocycles. The van der Waals surface area contributed by atoms with Gasteiger partial charge >= 0.3 is 0 Å². The fourth-order valence-electron chi connectivity index (χ4n) is 1.67. The van der Waals surface area contributed by atoms with Crippen molar-refractivity contribution in [3.05, 3.63) is 23.3 Å². The number of rotatable bonds is 2. The van der Waals surface area contributed by atoms with Gasteiger partial charge in [0.15, 0.2) is 0 Å². The third kappa shape index (κ3) is 2.23. The van der Waals surface area contributed by atoms with Crippen LogP contribution in [0.2, 0.25) is 0 Å². The quantitative estimate of drug-likeness (QED) is 0.577. The van der Waals surface area contributed by atoms with Crippen molar-refractivity contribution in [2.24, 2.45) is 11.8 Å². The highest BCUT2D eigenvalue weighted by molar-refractivity contribution is 5.35. The van der Waals surface area contributed by atoms with Crippen LogP contribution in [-0.2, 0) is 0 Å². The molecule has 1 aliphatic rings. The summed E-state index contributed by atoms with van der Waals surface area (Å²) in [7, 11) is 0. The average molecular weight is 166 g/mol. The third-order valence-corrected chi connectivity index (χ3v) is 2.32. The second kappa shape index (κ2) is 4.49. The van der Waals surface area contributed by atoms with E-state index in [1.165, 1.54) is 6.42 Å². The summed E-state index contributed by atoms with van der Waals surface area (Å²) in [5.41, 5.74) is 3.21. The zero-order chi connectivity index (χ0) is 8.43. The van der Waals surface area contributed by atoms with Crippen molar-refractivity contribution in [1.82, 2.24) is 0 Å². The highest BCUT2D eigenvalue weighted by atomic mass is 14.2. The Balaban J connectivity index is 0.00000121. The Kier molecular flexibility index (Phi) is 4.30. The maximum absolute atomic E-state index is 2.29. The molecule has 0 atom stereocenters. The molecule has 0 N–H and O–H groups in total. The van der Waals surface area contributed by atoms with E-state index in [2.05, 4.69) is 39.8 Å². The molecule has 1 aliphatic carbocycles. The monoisotopic (exact) mass is 166 g/mol. The van der Waals surface area contributed by atoms with Gasteiger partial charge in [0.25, 0.3) is 0 Å². The Bertz CT molecular complexity index is 192. The van der Waals surface area contributed by atoms with Gasteiger partial charge < -0.3 is 0 Å². The van der Waals surface area contributed by atoms with Crippen LogP contribution < -0.4 is 0 Å². The van der Waals surface area contributed by atoms with Crippen molar-refractivity contribution >= 4 is 0 Å². The summed E-state index contributed by atoms with van der Waals surface area (Å²) in [6.45, 7) is 9.11. The Morgan fingerprint density at radius 3 is 2.00 bits per heavy atom. The fraction of sp³-hybridized carbons (Fsp3) is 0.667. The normalized spacial score (nSPS) is 16.2. The van der Waals surface area contributed by atoms with Gasteiger partial charge in [-0.05, 0) is 23.8 Å². The molecule has 0 spiro atoms. The Labute approximate surface area is 77.4 Å². The van der Waals surface area contributed by atoms with Crippen LogP contribution in [0.4, 0.5) is 0 Å². The zero-order valence-corrected chi connectivity index (χ0v) is 8.02. The van der Waals surface area contributed by atoms with E-state index in [0.29, 0.717) is 5.92 Å². The standard InChI is InChI=1S/C11H18.CH4/c1-8(2)10-6-5-7-11(10)9(3)4;/h5-6,8-9H,7H2,1-4H3;1H4. The first kappa shape index (κ1) is 11.5. The van der Waals surface area contributed by atoms with Crippen LogP contribution in [0.5, 0.6) is 0 Å². The summed E-state index contributed by atoms with van der Waals surface area (Å²) in [5.74, 6) is 1.42. The molecular weight excluding hydrogens is 144 g/mol. The van der Waals surface area contributed by atoms with Crippen LogP contribution in [-0.4, -0.2) is 0 Å². The molecule has 0 aromatic heterocycles. The molecule has 0 saturated carbocycles. The van der Waals surface area contributed by atoms with E-state index in [4.69, 9.17) is 0 Å². The minimum atomic E-state index is 0. The molecule has 0 nitrogen and oxygen atoms in total. The number of allylic oxidation sites excluding steroid dienone is 4. The van der Waals surface area contributed by atoms with Crippen molar-refractivity contribution in [3.63, 3.8) is 0 Å². The van der Waals surface area contributed by atoms with Gasteiger partial charge in [-0.25, -0.2) is 0 Å². The molecule has 0 fully saturated rings. The van der Waals surface area contributed by atoms with Crippen LogP contribution in [0.3, 0.4) is 0 Å². The molecule has 0 aliphatic heterocycles. The summed E-state index contributed by atoms with van der Waals surface area (Å²) in [6, 6.07) is 0. The molecule has 0 radical (unpaired) electrons. The van der Waals surface area contributed by atoms with Gasteiger partial charge in [-0.1, -0.05) is 52.8 Å². The summed E-state index contributed by atoms with van der Waals surface area (Å²) in [6.07, 6.45) is 5.76. The molecule has 0 heteroatoms. The number of hydrogen-bond donors (Lipinski definition) is 0. The van der Waals surface area contributed by atoms with E-state index in [-0.39, 0.29) is 7.43 Å². The van der Waals surface area contributed by atoms with Crippen molar-refractivity contribution in [3.8, 4) is 0 Å².